The van der Waals surface area contributed by atoms with Gasteiger partial charge in [0.2, 0.25) is 0 Å². The fourth-order valence-electron chi connectivity index (χ4n) is 5.85. The molecule has 188 valence electrons. The number of aliphatic hydroxyl groups is 1. The first-order valence-corrected chi connectivity index (χ1v) is 12.6. The van der Waals surface area contributed by atoms with Gasteiger partial charge in [0.05, 0.1) is 24.4 Å². The summed E-state index contributed by atoms with van der Waals surface area (Å²) in [5.41, 5.74) is 9.89. The molecule has 7 nitrogen and oxygen atoms in total. The maximum Gasteiger partial charge on any atom is 0.316 e. The van der Waals surface area contributed by atoms with Crippen molar-refractivity contribution in [3.63, 3.8) is 0 Å². The summed E-state index contributed by atoms with van der Waals surface area (Å²) >= 11 is 0. The number of aliphatic carboxylic acids is 1. The summed E-state index contributed by atoms with van der Waals surface area (Å²) in [6, 6.07) is 13.0. The van der Waals surface area contributed by atoms with Gasteiger partial charge in [-0.15, -0.1) is 0 Å². The van der Waals surface area contributed by atoms with Gasteiger partial charge in [-0.2, -0.15) is 9.97 Å². The number of nitrogens with zero attached hydrogens (tertiary/aromatic N) is 2. The molecule has 5 rings (SSSR count). The van der Waals surface area contributed by atoms with E-state index >= 15 is 0 Å². The Balaban J connectivity index is 1.35. The molecular formula is C29H33N3O4. The molecule has 1 fully saturated rings. The number of carboxylic acid groups (broad SMARTS) is 1. The SMILES string of the molecule is Cc1nc(OCCO)nc(C)c1-c1cccc(CNc2ccc3c(c2)CC2(CC2)C3CC(=O)O)c1C. The largest absolute Gasteiger partial charge is 0.481 e. The quantitative estimate of drug-likeness (QED) is 0.392. The van der Waals surface area contributed by atoms with Crippen LogP contribution in [0.5, 0.6) is 6.01 Å². The van der Waals surface area contributed by atoms with E-state index in [-0.39, 0.29) is 37.0 Å². The molecule has 1 saturated carbocycles. The molecule has 2 aliphatic rings. The van der Waals surface area contributed by atoms with Gasteiger partial charge in [-0.3, -0.25) is 4.79 Å². The molecule has 1 atom stereocenters. The number of hydrogen-bond acceptors (Lipinski definition) is 6. The summed E-state index contributed by atoms with van der Waals surface area (Å²) in [5.74, 6) is -0.563. The Bertz CT molecular complexity index is 1290. The Hall–Kier alpha value is -3.45. The van der Waals surface area contributed by atoms with Gasteiger partial charge in [0, 0.05) is 23.7 Å². The highest BCUT2D eigenvalue weighted by Gasteiger charge is 2.54. The minimum absolute atomic E-state index is 0.0780. The molecule has 0 saturated heterocycles. The van der Waals surface area contributed by atoms with Gasteiger partial charge in [-0.05, 0) is 85.4 Å². The predicted octanol–water partition coefficient (Wildman–Crippen LogP) is 4.95. The van der Waals surface area contributed by atoms with Crippen LogP contribution in [-0.4, -0.2) is 39.4 Å². The molecule has 0 bridgehead atoms. The number of fused-ring (bicyclic) bond motifs is 1. The molecular weight excluding hydrogens is 454 g/mol. The third-order valence-electron chi connectivity index (χ3n) is 7.84. The van der Waals surface area contributed by atoms with Gasteiger partial charge < -0.3 is 20.3 Å². The number of anilines is 1. The van der Waals surface area contributed by atoms with E-state index in [4.69, 9.17) is 9.84 Å². The van der Waals surface area contributed by atoms with E-state index in [1.807, 2.05) is 13.8 Å². The monoisotopic (exact) mass is 487 g/mol. The van der Waals surface area contributed by atoms with Crippen LogP contribution in [0.25, 0.3) is 11.1 Å². The third kappa shape index (κ3) is 4.55. The number of nitrogens with one attached hydrogen (secondary N) is 1. The molecule has 1 spiro atoms. The van der Waals surface area contributed by atoms with Crippen molar-refractivity contribution in [3.05, 3.63) is 70.0 Å². The van der Waals surface area contributed by atoms with E-state index in [9.17, 15) is 9.90 Å². The first kappa shape index (κ1) is 24.3. The predicted molar refractivity (Wildman–Crippen MR) is 138 cm³/mol. The number of aromatic nitrogens is 2. The first-order chi connectivity index (χ1) is 17.3. The van der Waals surface area contributed by atoms with Crippen molar-refractivity contribution in [1.29, 1.82) is 0 Å². The smallest absolute Gasteiger partial charge is 0.316 e. The summed E-state index contributed by atoms with van der Waals surface area (Å²) in [6.07, 6.45) is 3.47. The lowest BCUT2D eigenvalue weighted by atomic mass is 9.87. The summed E-state index contributed by atoms with van der Waals surface area (Å²) in [6.45, 7) is 6.80. The van der Waals surface area contributed by atoms with Gasteiger partial charge >= 0.3 is 12.0 Å². The van der Waals surface area contributed by atoms with Crippen LogP contribution in [0.2, 0.25) is 0 Å². The van der Waals surface area contributed by atoms with Gasteiger partial charge in [0.1, 0.15) is 6.61 Å². The van der Waals surface area contributed by atoms with E-state index < -0.39 is 5.97 Å². The lowest BCUT2D eigenvalue weighted by Crippen LogP contribution is -2.13. The van der Waals surface area contributed by atoms with Crippen LogP contribution >= 0.6 is 0 Å². The van der Waals surface area contributed by atoms with Gasteiger partial charge in [0.25, 0.3) is 0 Å². The average molecular weight is 488 g/mol. The molecule has 2 aliphatic carbocycles. The van der Waals surface area contributed by atoms with E-state index in [2.05, 4.69) is 58.6 Å². The topological polar surface area (TPSA) is 105 Å². The first-order valence-electron chi connectivity index (χ1n) is 12.6. The molecule has 0 amide bonds. The number of hydrogen-bond donors (Lipinski definition) is 3. The molecule has 1 aromatic heterocycles. The van der Waals surface area contributed by atoms with Crippen molar-refractivity contribution >= 4 is 11.7 Å². The molecule has 36 heavy (non-hydrogen) atoms. The van der Waals surface area contributed by atoms with Gasteiger partial charge in [0.15, 0.2) is 0 Å². The number of aliphatic hydroxyl groups excluding tert-OH is 1. The van der Waals surface area contributed by atoms with E-state index in [0.717, 1.165) is 47.5 Å². The van der Waals surface area contributed by atoms with Gasteiger partial charge in [-0.25, -0.2) is 0 Å². The second kappa shape index (κ2) is 9.54. The highest BCUT2D eigenvalue weighted by Crippen LogP contribution is 2.64. The normalized spacial score (nSPS) is 17.2. The Morgan fingerprint density at radius 2 is 1.89 bits per heavy atom. The Kier molecular flexibility index (Phi) is 6.43. The summed E-state index contributed by atoms with van der Waals surface area (Å²) in [4.78, 5) is 20.4. The molecule has 1 heterocycles. The molecule has 7 heteroatoms. The highest BCUT2D eigenvalue weighted by atomic mass is 16.5. The van der Waals surface area contributed by atoms with Crippen LogP contribution in [0.3, 0.4) is 0 Å². The second-order valence-corrected chi connectivity index (χ2v) is 10.2. The van der Waals surface area contributed by atoms with Crippen molar-refractivity contribution in [3.8, 4) is 17.1 Å². The second-order valence-electron chi connectivity index (χ2n) is 10.2. The van der Waals surface area contributed by atoms with Crippen LogP contribution in [0.4, 0.5) is 5.69 Å². The van der Waals surface area contributed by atoms with Crippen LogP contribution in [0, 0.1) is 26.2 Å². The van der Waals surface area contributed by atoms with Crippen molar-refractivity contribution in [1.82, 2.24) is 9.97 Å². The Morgan fingerprint density at radius 1 is 1.14 bits per heavy atom. The van der Waals surface area contributed by atoms with Crippen molar-refractivity contribution in [2.24, 2.45) is 5.41 Å². The number of carboxylic acids is 1. The van der Waals surface area contributed by atoms with Crippen LogP contribution < -0.4 is 10.1 Å². The standard InChI is InChI=1S/C29H33N3O4/c1-17-20(5-4-6-23(17)27-18(2)31-28(32-19(27)3)36-12-11-33)16-30-22-7-8-24-21(13-22)15-29(9-10-29)25(24)14-26(34)35/h4-8,13,25,30,33H,9-12,14-16H2,1-3H3,(H,34,35). The third-order valence-corrected chi connectivity index (χ3v) is 7.84. The van der Waals surface area contributed by atoms with Gasteiger partial charge in [-0.1, -0.05) is 24.3 Å². The fraction of sp³-hybridized carbons (Fsp3) is 0.414. The fourth-order valence-corrected chi connectivity index (χ4v) is 5.85. The molecule has 3 N–H and O–H groups in total. The number of ether oxygens (including phenoxy) is 1. The minimum atomic E-state index is -0.708. The van der Waals surface area contributed by atoms with E-state index in [1.165, 1.54) is 22.3 Å². The van der Waals surface area contributed by atoms with Crippen molar-refractivity contribution in [2.75, 3.05) is 18.5 Å². The van der Waals surface area contributed by atoms with Crippen LogP contribution in [-0.2, 0) is 17.8 Å². The highest BCUT2D eigenvalue weighted by molar-refractivity contribution is 5.73. The van der Waals surface area contributed by atoms with Crippen molar-refractivity contribution < 1.29 is 19.7 Å². The molecule has 1 unspecified atom stereocenters. The summed E-state index contributed by atoms with van der Waals surface area (Å²) in [7, 11) is 0. The number of aryl methyl sites for hydroxylation is 2. The lowest BCUT2D eigenvalue weighted by Gasteiger charge is -2.17. The van der Waals surface area contributed by atoms with E-state index in [0.29, 0.717) is 6.54 Å². The maximum atomic E-state index is 11.4. The van der Waals surface area contributed by atoms with E-state index in [1.54, 1.807) is 0 Å². The zero-order valence-electron chi connectivity index (χ0n) is 21.1. The summed E-state index contributed by atoms with van der Waals surface area (Å²) < 4.78 is 5.41. The maximum absolute atomic E-state index is 11.4. The zero-order chi connectivity index (χ0) is 25.4. The lowest BCUT2D eigenvalue weighted by molar-refractivity contribution is -0.137. The molecule has 3 aromatic rings. The molecule has 0 aliphatic heterocycles. The molecule has 2 aromatic carbocycles. The Labute approximate surface area is 211 Å². The average Bonchev–Trinajstić information content (AvgIpc) is 3.55. The number of benzene rings is 2. The Morgan fingerprint density at radius 3 is 2.56 bits per heavy atom. The number of rotatable bonds is 9. The minimum Gasteiger partial charge on any atom is -0.481 e. The zero-order valence-corrected chi connectivity index (χ0v) is 21.1. The number of carbonyl (C=O) groups is 1. The van der Waals surface area contributed by atoms with Crippen LogP contribution in [0.15, 0.2) is 36.4 Å². The summed E-state index contributed by atoms with van der Waals surface area (Å²) in [5, 5.41) is 22.0. The van der Waals surface area contributed by atoms with Crippen LogP contribution in [0.1, 0.15) is 58.8 Å². The van der Waals surface area contributed by atoms with Crippen molar-refractivity contribution in [2.45, 2.75) is 58.9 Å². The molecule has 0 radical (unpaired) electrons.